The van der Waals surface area contributed by atoms with E-state index in [0.717, 1.165) is 11.3 Å². The second-order valence-corrected chi connectivity index (χ2v) is 7.24. The Labute approximate surface area is 149 Å². The largest absolute Gasteiger partial charge is 0.316 e. The number of hydrogen-bond donors (Lipinski definition) is 1. The van der Waals surface area contributed by atoms with E-state index < -0.39 is 0 Å². The number of nitrogens with one attached hydrogen (secondary N) is 1. The number of rotatable bonds is 5. The maximum atomic E-state index is 12.0. The van der Waals surface area contributed by atoms with Crippen LogP contribution >= 0.6 is 23.1 Å². The lowest BCUT2D eigenvalue weighted by Gasteiger charge is -2.08. The molecular weight excluding hydrogens is 336 g/mol. The molecule has 1 aromatic carbocycles. The molecule has 5 heteroatoms. The maximum absolute atomic E-state index is 12.0. The lowest BCUT2D eigenvalue weighted by Crippen LogP contribution is -2.08. The molecule has 0 unspecified atom stereocenters. The summed E-state index contributed by atoms with van der Waals surface area (Å²) in [5.41, 5.74) is 3.54. The molecular formula is C19H16N2OS2. The number of hydrogen-bond acceptors (Lipinski definition) is 4. The number of aromatic nitrogens is 1. The minimum absolute atomic E-state index is 0.179. The van der Waals surface area contributed by atoms with Gasteiger partial charge in [-0.1, -0.05) is 37.3 Å². The molecule has 0 aliphatic rings. The first-order valence-corrected chi connectivity index (χ1v) is 9.49. The second-order valence-electron chi connectivity index (χ2n) is 5.30. The highest BCUT2D eigenvalue weighted by molar-refractivity contribution is 7.98. The molecule has 1 N–H and O–H groups in total. The Bertz CT molecular complexity index is 937. The zero-order valence-electron chi connectivity index (χ0n) is 13.2. The van der Waals surface area contributed by atoms with E-state index in [1.807, 2.05) is 23.6 Å². The topological polar surface area (TPSA) is 56.6 Å². The first-order chi connectivity index (χ1) is 11.7. The summed E-state index contributed by atoms with van der Waals surface area (Å²) in [6.07, 6.45) is 0.993. The summed E-state index contributed by atoms with van der Waals surface area (Å²) in [7, 11) is 0. The van der Waals surface area contributed by atoms with Gasteiger partial charge >= 0.3 is 0 Å². The van der Waals surface area contributed by atoms with Gasteiger partial charge in [0.15, 0.2) is 0 Å². The van der Waals surface area contributed by atoms with E-state index in [-0.39, 0.29) is 5.56 Å². The average molecular weight is 352 g/mol. The van der Waals surface area contributed by atoms with Gasteiger partial charge in [0.1, 0.15) is 6.07 Å². The molecule has 0 fully saturated rings. The highest BCUT2D eigenvalue weighted by Gasteiger charge is 2.13. The Hall–Kier alpha value is -2.29. The smallest absolute Gasteiger partial charge is 0.249 e. The SMILES string of the molecule is CCc1cccc(CSc2[nH]c(=O)cc(-c3cccs3)c2C#N)c1. The summed E-state index contributed by atoms with van der Waals surface area (Å²) in [5.74, 6) is 0.715. The quantitative estimate of drug-likeness (QED) is 0.669. The van der Waals surface area contributed by atoms with E-state index in [1.165, 1.54) is 40.3 Å². The van der Waals surface area contributed by atoms with Crippen molar-refractivity contribution in [3.8, 4) is 16.5 Å². The van der Waals surface area contributed by atoms with Crippen molar-refractivity contribution in [1.82, 2.24) is 4.98 Å². The molecule has 0 saturated carbocycles. The molecule has 0 spiro atoms. The van der Waals surface area contributed by atoms with Crippen molar-refractivity contribution >= 4 is 23.1 Å². The molecule has 24 heavy (non-hydrogen) atoms. The van der Waals surface area contributed by atoms with Gasteiger partial charge in [0, 0.05) is 22.3 Å². The molecule has 2 aromatic heterocycles. The number of pyridine rings is 1. The van der Waals surface area contributed by atoms with E-state index in [1.54, 1.807) is 0 Å². The lowest BCUT2D eigenvalue weighted by molar-refractivity contribution is 1.06. The van der Waals surface area contributed by atoms with Crippen LogP contribution in [0.5, 0.6) is 0 Å². The predicted octanol–water partition coefficient (Wildman–Crippen LogP) is 4.83. The molecule has 3 aromatic rings. The summed E-state index contributed by atoms with van der Waals surface area (Å²) in [6.45, 7) is 2.13. The van der Waals surface area contributed by atoms with Crippen LogP contribution in [-0.2, 0) is 12.2 Å². The highest BCUT2D eigenvalue weighted by Crippen LogP contribution is 2.32. The first kappa shape index (κ1) is 16.6. The van der Waals surface area contributed by atoms with Gasteiger partial charge in [0.2, 0.25) is 5.56 Å². The summed E-state index contributed by atoms with van der Waals surface area (Å²) < 4.78 is 0. The molecule has 0 aliphatic heterocycles. The molecule has 0 aliphatic carbocycles. The molecule has 0 radical (unpaired) electrons. The van der Waals surface area contributed by atoms with Gasteiger partial charge < -0.3 is 4.98 Å². The van der Waals surface area contributed by atoms with Crippen LogP contribution in [0.1, 0.15) is 23.6 Å². The fraction of sp³-hybridized carbons (Fsp3) is 0.158. The van der Waals surface area contributed by atoms with Crippen LogP contribution in [0.3, 0.4) is 0 Å². The fourth-order valence-corrected chi connectivity index (χ4v) is 4.19. The van der Waals surface area contributed by atoms with Crippen LogP contribution in [0.15, 0.2) is 57.7 Å². The number of thiophene rings is 1. The number of aromatic amines is 1. The maximum Gasteiger partial charge on any atom is 0.249 e. The Morgan fingerprint density at radius 2 is 2.04 bits per heavy atom. The van der Waals surface area contributed by atoms with Crippen molar-refractivity contribution in [2.45, 2.75) is 24.1 Å². The highest BCUT2D eigenvalue weighted by atomic mass is 32.2. The van der Waals surface area contributed by atoms with E-state index in [9.17, 15) is 10.1 Å². The Balaban J connectivity index is 1.93. The summed E-state index contributed by atoms with van der Waals surface area (Å²) in [4.78, 5) is 15.8. The number of aryl methyl sites for hydroxylation is 1. The van der Waals surface area contributed by atoms with Crippen molar-refractivity contribution in [2.24, 2.45) is 0 Å². The summed E-state index contributed by atoms with van der Waals surface area (Å²) in [6, 6.07) is 16.0. The lowest BCUT2D eigenvalue weighted by atomic mass is 10.1. The molecule has 0 atom stereocenters. The third-order valence-electron chi connectivity index (χ3n) is 3.69. The molecule has 0 bridgehead atoms. The van der Waals surface area contributed by atoms with E-state index in [0.29, 0.717) is 21.9 Å². The van der Waals surface area contributed by atoms with Gasteiger partial charge in [-0.15, -0.1) is 23.1 Å². The van der Waals surface area contributed by atoms with Gasteiger partial charge in [-0.25, -0.2) is 0 Å². The van der Waals surface area contributed by atoms with Crippen LogP contribution in [0.25, 0.3) is 10.4 Å². The fourth-order valence-electron chi connectivity index (χ4n) is 2.48. The number of thioether (sulfide) groups is 1. The van der Waals surface area contributed by atoms with Crippen molar-refractivity contribution in [3.63, 3.8) is 0 Å². The Morgan fingerprint density at radius 1 is 1.21 bits per heavy atom. The van der Waals surface area contributed by atoms with E-state index in [2.05, 4.69) is 36.2 Å². The first-order valence-electron chi connectivity index (χ1n) is 7.63. The van der Waals surface area contributed by atoms with Crippen LogP contribution < -0.4 is 5.56 Å². The zero-order valence-corrected chi connectivity index (χ0v) is 14.8. The van der Waals surface area contributed by atoms with Crippen LogP contribution in [0.2, 0.25) is 0 Å². The second kappa shape index (κ2) is 7.52. The van der Waals surface area contributed by atoms with Gasteiger partial charge in [0.25, 0.3) is 0 Å². The third-order valence-corrected chi connectivity index (χ3v) is 5.67. The van der Waals surface area contributed by atoms with Gasteiger partial charge in [-0.05, 0) is 29.0 Å². The number of benzene rings is 1. The van der Waals surface area contributed by atoms with Gasteiger partial charge in [0.05, 0.1) is 10.6 Å². The number of nitriles is 1. The van der Waals surface area contributed by atoms with Crippen LogP contribution in [-0.4, -0.2) is 4.98 Å². The standard InChI is InChI=1S/C19H16N2OS2/c1-2-13-5-3-6-14(9-13)12-24-19-16(11-20)15(10-18(22)21-19)17-7-4-8-23-17/h3-10H,2,12H2,1H3,(H,21,22). The average Bonchev–Trinajstić information content (AvgIpc) is 3.14. The van der Waals surface area contributed by atoms with E-state index in [4.69, 9.17) is 0 Å². The monoisotopic (exact) mass is 352 g/mol. The van der Waals surface area contributed by atoms with Crippen molar-refractivity contribution in [2.75, 3.05) is 0 Å². The Kier molecular flexibility index (Phi) is 5.19. The number of nitrogens with zero attached hydrogens (tertiary/aromatic N) is 1. The summed E-state index contributed by atoms with van der Waals surface area (Å²) >= 11 is 3.03. The number of H-pyrrole nitrogens is 1. The normalized spacial score (nSPS) is 10.5. The van der Waals surface area contributed by atoms with Gasteiger partial charge in [-0.2, -0.15) is 5.26 Å². The van der Waals surface area contributed by atoms with Crippen molar-refractivity contribution < 1.29 is 0 Å². The minimum atomic E-state index is -0.179. The molecule has 0 saturated heterocycles. The molecule has 120 valence electrons. The zero-order chi connectivity index (χ0) is 16.9. The van der Waals surface area contributed by atoms with Crippen molar-refractivity contribution in [1.29, 1.82) is 5.26 Å². The van der Waals surface area contributed by atoms with Crippen LogP contribution in [0, 0.1) is 11.3 Å². The van der Waals surface area contributed by atoms with Gasteiger partial charge in [-0.3, -0.25) is 4.79 Å². The Morgan fingerprint density at radius 3 is 2.75 bits per heavy atom. The summed E-state index contributed by atoms with van der Waals surface area (Å²) in [5, 5.41) is 12.2. The van der Waals surface area contributed by atoms with Crippen molar-refractivity contribution in [3.05, 3.63) is 74.9 Å². The minimum Gasteiger partial charge on any atom is -0.316 e. The molecule has 2 heterocycles. The molecule has 0 amide bonds. The molecule has 3 nitrogen and oxygen atoms in total. The third kappa shape index (κ3) is 3.61. The van der Waals surface area contributed by atoms with E-state index >= 15 is 0 Å². The predicted molar refractivity (Wildman–Crippen MR) is 100 cm³/mol. The van der Waals surface area contributed by atoms with Crippen LogP contribution in [0.4, 0.5) is 0 Å². The molecule has 3 rings (SSSR count).